The molecule has 35 heavy (non-hydrogen) atoms. The van der Waals surface area contributed by atoms with E-state index in [9.17, 15) is 0 Å². The highest BCUT2D eigenvalue weighted by atomic mass is 15.0. The van der Waals surface area contributed by atoms with Crippen molar-refractivity contribution in [2.75, 3.05) is 0 Å². The van der Waals surface area contributed by atoms with Crippen molar-refractivity contribution in [2.45, 2.75) is 19.9 Å². The van der Waals surface area contributed by atoms with Gasteiger partial charge in [-0.1, -0.05) is 78.9 Å². The van der Waals surface area contributed by atoms with Crippen LogP contribution in [0.15, 0.2) is 115 Å². The Bertz CT molecular complexity index is 1870. The second kappa shape index (κ2) is 7.61. The van der Waals surface area contributed by atoms with E-state index < -0.39 is 0 Å². The molecule has 0 saturated heterocycles. The van der Waals surface area contributed by atoms with Gasteiger partial charge in [0.2, 0.25) is 0 Å². The molecule has 5 aromatic carbocycles. The van der Waals surface area contributed by atoms with Crippen LogP contribution in [0.25, 0.3) is 60.4 Å². The Hall–Kier alpha value is -4.30. The van der Waals surface area contributed by atoms with Crippen LogP contribution >= 0.6 is 0 Å². The Balaban J connectivity index is 1.50. The van der Waals surface area contributed by atoms with E-state index in [2.05, 4.69) is 138 Å². The van der Waals surface area contributed by atoms with E-state index in [1.165, 1.54) is 60.4 Å². The van der Waals surface area contributed by atoms with Gasteiger partial charge in [-0.2, -0.15) is 0 Å². The standard InChI is InChI=1S/C33H26N2/c1-22(2)34-30-14-8-6-12-26(30)28-18-16-23(20-32(28)34)24-17-19-29-27-13-7-9-15-31(27)35(33(29)21-24)25-10-4-3-5-11-25/h3-22H,1-2H3. The first-order valence-electron chi connectivity index (χ1n) is 12.3. The average molecular weight is 451 g/mol. The molecule has 0 fully saturated rings. The summed E-state index contributed by atoms with van der Waals surface area (Å²) in [5.41, 5.74) is 8.73. The minimum atomic E-state index is 0.385. The molecule has 0 spiro atoms. The zero-order valence-corrected chi connectivity index (χ0v) is 19.9. The summed E-state index contributed by atoms with van der Waals surface area (Å²) in [5, 5.41) is 5.21. The highest BCUT2D eigenvalue weighted by molar-refractivity contribution is 6.11. The third-order valence-electron chi connectivity index (χ3n) is 7.25. The van der Waals surface area contributed by atoms with Gasteiger partial charge in [0.15, 0.2) is 0 Å². The number of rotatable bonds is 3. The average Bonchev–Trinajstić information content (AvgIpc) is 3.41. The third kappa shape index (κ3) is 2.96. The van der Waals surface area contributed by atoms with Crippen LogP contribution in [0.5, 0.6) is 0 Å². The van der Waals surface area contributed by atoms with Crippen molar-refractivity contribution < 1.29 is 0 Å². The molecule has 0 aliphatic heterocycles. The molecule has 2 heterocycles. The van der Waals surface area contributed by atoms with Crippen molar-refractivity contribution in [3.63, 3.8) is 0 Å². The molecule has 0 N–H and O–H groups in total. The molecule has 2 heteroatoms. The fourth-order valence-electron chi connectivity index (χ4n) is 5.74. The third-order valence-corrected chi connectivity index (χ3v) is 7.25. The number of benzene rings is 5. The van der Waals surface area contributed by atoms with Crippen LogP contribution in [0.3, 0.4) is 0 Å². The van der Waals surface area contributed by atoms with Crippen molar-refractivity contribution in [3.05, 3.63) is 115 Å². The van der Waals surface area contributed by atoms with Crippen molar-refractivity contribution in [1.82, 2.24) is 9.13 Å². The van der Waals surface area contributed by atoms with Crippen LogP contribution in [-0.2, 0) is 0 Å². The van der Waals surface area contributed by atoms with Gasteiger partial charge >= 0.3 is 0 Å². The van der Waals surface area contributed by atoms with Crippen molar-refractivity contribution >= 4 is 43.6 Å². The minimum Gasteiger partial charge on any atom is -0.338 e. The van der Waals surface area contributed by atoms with E-state index in [0.29, 0.717) is 6.04 Å². The maximum Gasteiger partial charge on any atom is 0.0547 e. The summed E-state index contributed by atoms with van der Waals surface area (Å²) in [5.74, 6) is 0. The summed E-state index contributed by atoms with van der Waals surface area (Å²) < 4.78 is 4.85. The molecule has 0 bridgehead atoms. The van der Waals surface area contributed by atoms with Gasteiger partial charge in [-0.25, -0.2) is 0 Å². The second-order valence-electron chi connectivity index (χ2n) is 9.63. The van der Waals surface area contributed by atoms with E-state index in [-0.39, 0.29) is 0 Å². The van der Waals surface area contributed by atoms with Crippen LogP contribution in [-0.4, -0.2) is 9.13 Å². The monoisotopic (exact) mass is 450 g/mol. The van der Waals surface area contributed by atoms with Gasteiger partial charge in [-0.05, 0) is 61.4 Å². The molecule has 2 aromatic heterocycles. The Kier molecular flexibility index (Phi) is 4.37. The van der Waals surface area contributed by atoms with E-state index in [1.807, 2.05) is 0 Å². The molecule has 168 valence electrons. The largest absolute Gasteiger partial charge is 0.338 e. The number of hydrogen-bond acceptors (Lipinski definition) is 0. The van der Waals surface area contributed by atoms with Crippen molar-refractivity contribution in [3.8, 4) is 16.8 Å². The summed E-state index contributed by atoms with van der Waals surface area (Å²) in [6, 6.07) is 42.3. The Morgan fingerprint density at radius 2 is 0.971 bits per heavy atom. The molecule has 2 nitrogen and oxygen atoms in total. The predicted octanol–water partition coefficient (Wildman–Crippen LogP) is 9.14. The van der Waals surface area contributed by atoms with Gasteiger partial charge in [0.1, 0.15) is 0 Å². The molecular weight excluding hydrogens is 424 g/mol. The molecule has 0 amide bonds. The predicted molar refractivity (Wildman–Crippen MR) is 150 cm³/mol. The lowest BCUT2D eigenvalue weighted by atomic mass is 10.0. The molecule has 0 aliphatic rings. The van der Waals surface area contributed by atoms with Gasteiger partial charge in [-0.3, -0.25) is 0 Å². The minimum absolute atomic E-state index is 0.385. The smallest absolute Gasteiger partial charge is 0.0547 e. The first-order chi connectivity index (χ1) is 17.2. The molecule has 7 aromatic rings. The number of para-hydroxylation sites is 3. The van der Waals surface area contributed by atoms with Gasteiger partial charge in [0.25, 0.3) is 0 Å². The van der Waals surface area contributed by atoms with E-state index in [4.69, 9.17) is 0 Å². The molecule has 7 rings (SSSR count). The highest BCUT2D eigenvalue weighted by Gasteiger charge is 2.15. The van der Waals surface area contributed by atoms with Gasteiger partial charge in [-0.15, -0.1) is 0 Å². The van der Waals surface area contributed by atoms with Gasteiger partial charge in [0, 0.05) is 44.3 Å². The molecule has 0 unspecified atom stereocenters. The van der Waals surface area contributed by atoms with Crippen molar-refractivity contribution in [2.24, 2.45) is 0 Å². The van der Waals surface area contributed by atoms with Crippen LogP contribution in [0.4, 0.5) is 0 Å². The highest BCUT2D eigenvalue weighted by Crippen LogP contribution is 2.37. The van der Waals surface area contributed by atoms with Crippen LogP contribution in [0.2, 0.25) is 0 Å². The molecule has 0 radical (unpaired) electrons. The Morgan fingerprint density at radius 3 is 1.66 bits per heavy atom. The van der Waals surface area contributed by atoms with E-state index in [1.54, 1.807) is 0 Å². The normalized spacial score (nSPS) is 12.0. The lowest BCUT2D eigenvalue weighted by Crippen LogP contribution is -1.99. The summed E-state index contributed by atoms with van der Waals surface area (Å²) in [4.78, 5) is 0. The molecule has 0 aliphatic carbocycles. The van der Waals surface area contributed by atoms with E-state index >= 15 is 0 Å². The number of hydrogen-bond donors (Lipinski definition) is 0. The number of nitrogens with zero attached hydrogens (tertiary/aromatic N) is 2. The lowest BCUT2D eigenvalue weighted by molar-refractivity contribution is 0.642. The topological polar surface area (TPSA) is 9.86 Å². The number of fused-ring (bicyclic) bond motifs is 6. The maximum absolute atomic E-state index is 2.47. The number of aromatic nitrogens is 2. The SMILES string of the molecule is CC(C)n1c2ccccc2c2ccc(-c3ccc4c5ccccc5n(-c5ccccc5)c4c3)cc21. The zero-order chi connectivity index (χ0) is 23.5. The van der Waals surface area contributed by atoms with Crippen LogP contribution in [0, 0.1) is 0 Å². The van der Waals surface area contributed by atoms with Crippen LogP contribution in [0.1, 0.15) is 19.9 Å². The van der Waals surface area contributed by atoms with Gasteiger partial charge < -0.3 is 9.13 Å². The van der Waals surface area contributed by atoms with Gasteiger partial charge in [0.05, 0.1) is 11.0 Å². The van der Waals surface area contributed by atoms with E-state index in [0.717, 1.165) is 0 Å². The van der Waals surface area contributed by atoms with Crippen LogP contribution < -0.4 is 0 Å². The summed E-state index contributed by atoms with van der Waals surface area (Å²) in [6.45, 7) is 4.53. The quantitative estimate of drug-likeness (QED) is 0.254. The first kappa shape index (κ1) is 20.1. The summed E-state index contributed by atoms with van der Waals surface area (Å²) in [6.07, 6.45) is 0. The fraction of sp³-hybridized carbons (Fsp3) is 0.0909. The second-order valence-corrected chi connectivity index (χ2v) is 9.63. The fourth-order valence-corrected chi connectivity index (χ4v) is 5.74. The molecule has 0 saturated carbocycles. The summed E-state index contributed by atoms with van der Waals surface area (Å²) in [7, 11) is 0. The zero-order valence-electron chi connectivity index (χ0n) is 19.9. The Labute approximate surface area is 204 Å². The summed E-state index contributed by atoms with van der Waals surface area (Å²) >= 11 is 0. The Morgan fingerprint density at radius 1 is 0.457 bits per heavy atom. The molecule has 0 atom stereocenters. The lowest BCUT2D eigenvalue weighted by Gasteiger charge is -2.12. The first-order valence-corrected chi connectivity index (χ1v) is 12.3. The molecular formula is C33H26N2. The maximum atomic E-state index is 2.47. The van der Waals surface area contributed by atoms with Crippen molar-refractivity contribution in [1.29, 1.82) is 0 Å².